The van der Waals surface area contributed by atoms with Gasteiger partial charge < -0.3 is 5.73 Å². The van der Waals surface area contributed by atoms with Gasteiger partial charge in [0.1, 0.15) is 0 Å². The maximum Gasteiger partial charge on any atom is -0.00745 e. The molecule has 0 saturated heterocycles. The van der Waals surface area contributed by atoms with Crippen LogP contribution < -0.4 is 5.73 Å². The molecule has 2 atom stereocenters. The summed E-state index contributed by atoms with van der Waals surface area (Å²) in [6.07, 6.45) is 5.53. The Labute approximate surface area is 69.8 Å². The predicted octanol–water partition coefficient (Wildman–Crippen LogP) is 2.19. The second kappa shape index (κ2) is 4.97. The van der Waals surface area contributed by atoms with Crippen LogP contribution in [-0.2, 0) is 0 Å². The van der Waals surface area contributed by atoms with E-state index in [1.165, 1.54) is 25.7 Å². The summed E-state index contributed by atoms with van der Waals surface area (Å²) in [5.41, 5.74) is 5.46. The fourth-order valence-corrected chi connectivity index (χ4v) is 1.77. The van der Waals surface area contributed by atoms with E-state index in [1.807, 2.05) is 0 Å². The van der Waals surface area contributed by atoms with Crippen molar-refractivity contribution in [2.75, 3.05) is 6.54 Å². The Morgan fingerprint density at radius 2 is 1.90 bits per heavy atom. The van der Waals surface area contributed by atoms with Crippen LogP contribution in [0.5, 0.6) is 0 Å². The van der Waals surface area contributed by atoms with Crippen molar-refractivity contribution >= 4 is 12.4 Å². The van der Waals surface area contributed by atoms with Crippen molar-refractivity contribution in [3.05, 3.63) is 0 Å². The Morgan fingerprint density at radius 1 is 1.30 bits per heavy atom. The van der Waals surface area contributed by atoms with Crippen LogP contribution in [0, 0.1) is 11.8 Å². The molecule has 10 heavy (non-hydrogen) atoms. The van der Waals surface area contributed by atoms with Gasteiger partial charge in [-0.1, -0.05) is 13.3 Å². The zero-order chi connectivity index (χ0) is 6.69. The molecular formula is C8H18ClN. The molecule has 0 aromatic rings. The molecule has 2 unspecified atom stereocenters. The monoisotopic (exact) mass is 163 g/mol. The van der Waals surface area contributed by atoms with E-state index in [9.17, 15) is 0 Å². The summed E-state index contributed by atoms with van der Waals surface area (Å²) in [6.45, 7) is 3.18. The highest BCUT2D eigenvalue weighted by Gasteiger charge is 2.27. The van der Waals surface area contributed by atoms with Crippen molar-refractivity contribution < 1.29 is 0 Å². The molecule has 0 heterocycles. The number of halogens is 1. The summed E-state index contributed by atoms with van der Waals surface area (Å²) in [7, 11) is 0. The molecule has 2 heteroatoms. The van der Waals surface area contributed by atoms with Crippen molar-refractivity contribution in [1.82, 2.24) is 0 Å². The average Bonchev–Trinajstić information content (AvgIpc) is 1.82. The van der Waals surface area contributed by atoms with Gasteiger partial charge >= 0.3 is 0 Å². The van der Waals surface area contributed by atoms with Crippen molar-refractivity contribution in [2.45, 2.75) is 32.6 Å². The first kappa shape index (κ1) is 10.2. The van der Waals surface area contributed by atoms with Crippen LogP contribution >= 0.6 is 12.4 Å². The van der Waals surface area contributed by atoms with E-state index in [4.69, 9.17) is 5.73 Å². The summed E-state index contributed by atoms with van der Waals surface area (Å²) >= 11 is 0. The van der Waals surface area contributed by atoms with Crippen LogP contribution in [0.25, 0.3) is 0 Å². The lowest BCUT2D eigenvalue weighted by Crippen LogP contribution is -2.27. The minimum absolute atomic E-state index is 0. The maximum absolute atomic E-state index is 5.46. The van der Waals surface area contributed by atoms with Crippen LogP contribution in [0.3, 0.4) is 0 Å². The zero-order valence-corrected chi connectivity index (χ0v) is 7.49. The molecule has 0 bridgehead atoms. The van der Waals surface area contributed by atoms with E-state index in [0.29, 0.717) is 0 Å². The molecule has 0 amide bonds. The molecular weight excluding hydrogens is 146 g/mol. The molecule has 1 aliphatic rings. The topological polar surface area (TPSA) is 26.0 Å². The van der Waals surface area contributed by atoms with Gasteiger partial charge in [0, 0.05) is 0 Å². The molecule has 1 rings (SSSR count). The molecule has 0 spiro atoms. The fourth-order valence-electron chi connectivity index (χ4n) is 1.77. The molecule has 1 nitrogen and oxygen atoms in total. The Morgan fingerprint density at radius 3 is 2.20 bits per heavy atom. The SMILES string of the molecule is CCC1CCC1CCN.Cl. The van der Waals surface area contributed by atoms with Crippen LogP contribution in [0.4, 0.5) is 0 Å². The van der Waals surface area contributed by atoms with E-state index < -0.39 is 0 Å². The molecule has 2 N–H and O–H groups in total. The van der Waals surface area contributed by atoms with E-state index in [1.54, 1.807) is 0 Å². The van der Waals surface area contributed by atoms with Gasteiger partial charge in [0.05, 0.1) is 0 Å². The molecule has 62 valence electrons. The number of hydrogen-bond donors (Lipinski definition) is 1. The first-order valence-corrected chi connectivity index (χ1v) is 4.08. The van der Waals surface area contributed by atoms with Crippen LogP contribution in [0.2, 0.25) is 0 Å². The zero-order valence-electron chi connectivity index (χ0n) is 6.68. The molecule has 0 radical (unpaired) electrons. The van der Waals surface area contributed by atoms with Gasteiger partial charge in [-0.2, -0.15) is 0 Å². The highest BCUT2D eigenvalue weighted by atomic mass is 35.5. The molecule has 0 aliphatic heterocycles. The Kier molecular flexibility index (Phi) is 5.10. The van der Waals surface area contributed by atoms with Gasteiger partial charge in [-0.25, -0.2) is 0 Å². The molecule has 0 aromatic carbocycles. The van der Waals surface area contributed by atoms with Crippen molar-refractivity contribution in [3.63, 3.8) is 0 Å². The third-order valence-electron chi connectivity index (χ3n) is 2.64. The summed E-state index contributed by atoms with van der Waals surface area (Å²) < 4.78 is 0. The van der Waals surface area contributed by atoms with Gasteiger partial charge in [0.2, 0.25) is 0 Å². The van der Waals surface area contributed by atoms with Gasteiger partial charge in [-0.3, -0.25) is 0 Å². The second-order valence-corrected chi connectivity index (χ2v) is 3.08. The highest BCUT2D eigenvalue weighted by molar-refractivity contribution is 5.85. The molecule has 1 fully saturated rings. The number of rotatable bonds is 3. The fraction of sp³-hybridized carbons (Fsp3) is 1.00. The summed E-state index contributed by atoms with van der Waals surface area (Å²) in [5, 5.41) is 0. The van der Waals surface area contributed by atoms with Gasteiger partial charge in [-0.15, -0.1) is 12.4 Å². The number of nitrogens with two attached hydrogens (primary N) is 1. The lowest BCUT2D eigenvalue weighted by atomic mass is 9.71. The molecule has 1 saturated carbocycles. The van der Waals surface area contributed by atoms with Crippen LogP contribution in [-0.4, -0.2) is 6.54 Å². The van der Waals surface area contributed by atoms with Gasteiger partial charge in [-0.05, 0) is 37.6 Å². The second-order valence-electron chi connectivity index (χ2n) is 3.08. The third kappa shape index (κ3) is 2.14. The first-order chi connectivity index (χ1) is 4.38. The smallest absolute Gasteiger partial charge is 0.00745 e. The maximum atomic E-state index is 5.46. The van der Waals surface area contributed by atoms with Crippen molar-refractivity contribution in [2.24, 2.45) is 17.6 Å². The standard InChI is InChI=1S/C8H17N.ClH/c1-2-7-3-4-8(7)5-6-9;/h7-8H,2-6,9H2,1H3;1H. The van der Waals surface area contributed by atoms with E-state index in [0.717, 1.165) is 18.4 Å². The predicted molar refractivity (Wildman–Crippen MR) is 47.4 cm³/mol. The van der Waals surface area contributed by atoms with Crippen LogP contribution in [0.15, 0.2) is 0 Å². The normalized spacial score (nSPS) is 30.6. The van der Waals surface area contributed by atoms with Gasteiger partial charge in [0.25, 0.3) is 0 Å². The quantitative estimate of drug-likeness (QED) is 0.679. The third-order valence-corrected chi connectivity index (χ3v) is 2.64. The highest BCUT2D eigenvalue weighted by Crippen LogP contribution is 2.38. The minimum atomic E-state index is 0. The molecule has 0 aromatic heterocycles. The van der Waals surface area contributed by atoms with Crippen molar-refractivity contribution in [1.29, 1.82) is 0 Å². The van der Waals surface area contributed by atoms with E-state index >= 15 is 0 Å². The summed E-state index contributed by atoms with van der Waals surface area (Å²) in [5.74, 6) is 2.01. The van der Waals surface area contributed by atoms with E-state index in [2.05, 4.69) is 6.92 Å². The van der Waals surface area contributed by atoms with E-state index in [-0.39, 0.29) is 12.4 Å². The Balaban J connectivity index is 0.000000810. The Bertz CT molecular complexity index is 83.3. The van der Waals surface area contributed by atoms with Gasteiger partial charge in [0.15, 0.2) is 0 Å². The minimum Gasteiger partial charge on any atom is -0.330 e. The lowest BCUT2D eigenvalue weighted by molar-refractivity contribution is 0.161. The van der Waals surface area contributed by atoms with Crippen LogP contribution in [0.1, 0.15) is 32.6 Å². The average molecular weight is 164 g/mol. The number of hydrogen-bond acceptors (Lipinski definition) is 1. The summed E-state index contributed by atoms with van der Waals surface area (Å²) in [6, 6.07) is 0. The lowest BCUT2D eigenvalue weighted by Gasteiger charge is -2.35. The molecule has 1 aliphatic carbocycles. The first-order valence-electron chi connectivity index (χ1n) is 4.08. The largest absolute Gasteiger partial charge is 0.330 e. The van der Waals surface area contributed by atoms with Crippen molar-refractivity contribution in [3.8, 4) is 0 Å². The Hall–Kier alpha value is 0.250. The summed E-state index contributed by atoms with van der Waals surface area (Å²) in [4.78, 5) is 0.